The molecule has 1 aliphatic rings. The Morgan fingerprint density at radius 3 is 2.73 bits per heavy atom. The van der Waals surface area contributed by atoms with E-state index in [0.29, 0.717) is 12.1 Å². The highest BCUT2D eigenvalue weighted by molar-refractivity contribution is 5.97. The highest BCUT2D eigenvalue weighted by Crippen LogP contribution is 2.29. The van der Waals surface area contributed by atoms with Gasteiger partial charge in [0, 0.05) is 18.7 Å². The van der Waals surface area contributed by atoms with E-state index in [-0.39, 0.29) is 24.3 Å². The zero-order chi connectivity index (χ0) is 15.9. The number of carbonyl (C=O) groups excluding carboxylic acids is 2. The molecule has 2 rings (SSSR count). The van der Waals surface area contributed by atoms with E-state index in [1.807, 2.05) is 12.1 Å². The zero-order valence-corrected chi connectivity index (χ0v) is 13.1. The Hall–Kier alpha value is -2.08. The summed E-state index contributed by atoms with van der Waals surface area (Å²) in [6, 6.07) is 6.82. The number of nitrogens with one attached hydrogen (secondary N) is 1. The summed E-state index contributed by atoms with van der Waals surface area (Å²) in [5, 5.41) is 10.5. The highest BCUT2D eigenvalue weighted by atomic mass is 16.2. The molecule has 2 amide bonds. The molecular weight excluding hydrogens is 280 g/mol. The Morgan fingerprint density at radius 2 is 2.00 bits per heavy atom. The summed E-state index contributed by atoms with van der Waals surface area (Å²) in [6.45, 7) is 7.59. The van der Waals surface area contributed by atoms with Crippen molar-refractivity contribution in [2.45, 2.75) is 26.3 Å². The summed E-state index contributed by atoms with van der Waals surface area (Å²) in [6.07, 6.45) is 0.214. The summed E-state index contributed by atoms with van der Waals surface area (Å²) in [4.78, 5) is 26.0. The zero-order valence-electron chi connectivity index (χ0n) is 13.1. The van der Waals surface area contributed by atoms with Gasteiger partial charge < -0.3 is 10.2 Å². The highest BCUT2D eigenvalue weighted by Gasteiger charge is 2.25. The molecule has 118 valence electrons. The molecule has 0 spiro atoms. The van der Waals surface area contributed by atoms with Crippen LogP contribution in [-0.4, -0.2) is 42.9 Å². The number of azo groups is 1. The lowest BCUT2D eigenvalue weighted by atomic mass is 9.97. The third-order valence-corrected chi connectivity index (χ3v) is 3.86. The number of likely N-dealkylation sites (N-methyl/N-ethyl adjacent to an activating group) is 1. The fourth-order valence-corrected chi connectivity index (χ4v) is 2.51. The molecule has 1 unspecified atom stereocenters. The van der Waals surface area contributed by atoms with Gasteiger partial charge >= 0.3 is 0 Å². The number of rotatable bonds is 7. The van der Waals surface area contributed by atoms with Gasteiger partial charge in [0.2, 0.25) is 5.91 Å². The van der Waals surface area contributed by atoms with Crippen molar-refractivity contribution in [3.63, 3.8) is 0 Å². The van der Waals surface area contributed by atoms with Crippen LogP contribution in [0.5, 0.6) is 0 Å². The summed E-state index contributed by atoms with van der Waals surface area (Å²) < 4.78 is 0. The molecule has 1 atom stereocenters. The van der Waals surface area contributed by atoms with Gasteiger partial charge in [-0.05, 0) is 24.7 Å². The second kappa shape index (κ2) is 7.79. The SMILES string of the molecule is CCN(CC)CCNC(=O)CC1N=NC(=O)c2ccccc21. The van der Waals surface area contributed by atoms with Gasteiger partial charge in [-0.25, -0.2) is 0 Å². The molecule has 22 heavy (non-hydrogen) atoms. The first-order valence-electron chi connectivity index (χ1n) is 7.68. The average Bonchev–Trinajstić information content (AvgIpc) is 2.54. The normalized spacial score (nSPS) is 16.7. The maximum absolute atomic E-state index is 12.0. The van der Waals surface area contributed by atoms with Gasteiger partial charge in [-0.3, -0.25) is 9.59 Å². The monoisotopic (exact) mass is 302 g/mol. The van der Waals surface area contributed by atoms with Gasteiger partial charge in [0.25, 0.3) is 5.91 Å². The number of carbonyl (C=O) groups is 2. The van der Waals surface area contributed by atoms with Crippen molar-refractivity contribution in [2.75, 3.05) is 26.2 Å². The Morgan fingerprint density at radius 1 is 1.27 bits per heavy atom. The first-order chi connectivity index (χ1) is 10.7. The minimum Gasteiger partial charge on any atom is -0.355 e. The molecule has 1 aliphatic heterocycles. The van der Waals surface area contributed by atoms with E-state index in [2.05, 4.69) is 34.3 Å². The molecule has 1 N–H and O–H groups in total. The molecule has 0 saturated heterocycles. The lowest BCUT2D eigenvalue weighted by molar-refractivity contribution is -0.121. The first kappa shape index (κ1) is 16.3. The van der Waals surface area contributed by atoms with Crippen LogP contribution in [-0.2, 0) is 4.79 Å². The van der Waals surface area contributed by atoms with E-state index >= 15 is 0 Å². The van der Waals surface area contributed by atoms with Crippen LogP contribution in [0.2, 0.25) is 0 Å². The fraction of sp³-hybridized carbons (Fsp3) is 0.500. The third kappa shape index (κ3) is 3.98. The Kier molecular flexibility index (Phi) is 5.77. The van der Waals surface area contributed by atoms with Crippen molar-refractivity contribution in [3.8, 4) is 0 Å². The second-order valence-corrected chi connectivity index (χ2v) is 5.20. The molecule has 0 bridgehead atoms. The van der Waals surface area contributed by atoms with Gasteiger partial charge in [0.1, 0.15) is 6.04 Å². The van der Waals surface area contributed by atoms with Gasteiger partial charge in [0.15, 0.2) is 0 Å². The van der Waals surface area contributed by atoms with Crippen molar-refractivity contribution in [1.82, 2.24) is 10.2 Å². The summed E-state index contributed by atoms with van der Waals surface area (Å²) >= 11 is 0. The van der Waals surface area contributed by atoms with Crippen molar-refractivity contribution in [2.24, 2.45) is 10.2 Å². The van der Waals surface area contributed by atoms with Crippen LogP contribution in [0.25, 0.3) is 0 Å². The standard InChI is InChI=1S/C16H22N4O2/c1-3-20(4-2)10-9-17-15(21)11-14-12-7-5-6-8-13(12)16(22)19-18-14/h5-8,14H,3-4,9-11H2,1-2H3,(H,17,21). The molecule has 6 heteroatoms. The molecule has 0 radical (unpaired) electrons. The van der Waals surface area contributed by atoms with Crippen molar-refractivity contribution in [3.05, 3.63) is 35.4 Å². The number of fused-ring (bicyclic) bond motifs is 1. The predicted molar refractivity (Wildman–Crippen MR) is 83.8 cm³/mol. The molecular formula is C16H22N4O2. The van der Waals surface area contributed by atoms with E-state index in [1.54, 1.807) is 12.1 Å². The van der Waals surface area contributed by atoms with Crippen LogP contribution >= 0.6 is 0 Å². The van der Waals surface area contributed by atoms with Crippen LogP contribution in [0.1, 0.15) is 42.2 Å². The van der Waals surface area contributed by atoms with Crippen LogP contribution in [0.4, 0.5) is 0 Å². The molecule has 6 nitrogen and oxygen atoms in total. The van der Waals surface area contributed by atoms with Crippen molar-refractivity contribution in [1.29, 1.82) is 0 Å². The van der Waals surface area contributed by atoms with Crippen molar-refractivity contribution >= 4 is 11.8 Å². The van der Waals surface area contributed by atoms with Crippen LogP contribution in [0.3, 0.4) is 0 Å². The molecule has 1 aromatic rings. The molecule has 0 fully saturated rings. The molecule has 1 heterocycles. The van der Waals surface area contributed by atoms with Gasteiger partial charge in [-0.15, -0.1) is 5.11 Å². The van der Waals surface area contributed by atoms with Gasteiger partial charge in [-0.1, -0.05) is 32.0 Å². The summed E-state index contributed by atoms with van der Waals surface area (Å²) in [5.41, 5.74) is 1.32. The van der Waals surface area contributed by atoms with E-state index in [0.717, 1.165) is 25.2 Å². The minimum atomic E-state index is -0.373. The lowest BCUT2D eigenvalue weighted by Crippen LogP contribution is -2.35. The number of benzene rings is 1. The molecule has 1 aromatic carbocycles. The summed E-state index contributed by atoms with van der Waals surface area (Å²) in [7, 11) is 0. The maximum Gasteiger partial charge on any atom is 0.295 e. The Balaban J connectivity index is 1.90. The van der Waals surface area contributed by atoms with Crippen LogP contribution in [0, 0.1) is 0 Å². The van der Waals surface area contributed by atoms with E-state index in [4.69, 9.17) is 0 Å². The quantitative estimate of drug-likeness (QED) is 0.839. The number of hydrogen-bond donors (Lipinski definition) is 1. The molecule has 0 aromatic heterocycles. The summed E-state index contributed by atoms with van der Waals surface area (Å²) in [5.74, 6) is -0.408. The average molecular weight is 302 g/mol. The van der Waals surface area contributed by atoms with Crippen LogP contribution < -0.4 is 5.32 Å². The number of amides is 2. The smallest absolute Gasteiger partial charge is 0.295 e. The largest absolute Gasteiger partial charge is 0.355 e. The number of nitrogens with zero attached hydrogens (tertiary/aromatic N) is 3. The van der Waals surface area contributed by atoms with Crippen molar-refractivity contribution < 1.29 is 9.59 Å². The third-order valence-electron chi connectivity index (χ3n) is 3.86. The predicted octanol–water partition coefficient (Wildman–Crippen LogP) is 2.18. The number of hydrogen-bond acceptors (Lipinski definition) is 4. The Labute approximate surface area is 130 Å². The van der Waals surface area contributed by atoms with E-state index in [9.17, 15) is 9.59 Å². The van der Waals surface area contributed by atoms with Gasteiger partial charge in [0.05, 0.1) is 6.42 Å². The van der Waals surface area contributed by atoms with E-state index < -0.39 is 0 Å². The Bertz CT molecular complexity index is 567. The minimum absolute atomic E-state index is 0.0692. The maximum atomic E-state index is 12.0. The topological polar surface area (TPSA) is 74.1 Å². The second-order valence-electron chi connectivity index (χ2n) is 5.20. The lowest BCUT2D eigenvalue weighted by Gasteiger charge is -2.19. The van der Waals surface area contributed by atoms with Gasteiger partial charge in [-0.2, -0.15) is 5.11 Å². The fourth-order valence-electron chi connectivity index (χ4n) is 2.51. The molecule has 0 aliphatic carbocycles. The van der Waals surface area contributed by atoms with Crippen LogP contribution in [0.15, 0.2) is 34.5 Å². The molecule has 0 saturated carbocycles. The first-order valence-corrected chi connectivity index (χ1v) is 7.68. The van der Waals surface area contributed by atoms with E-state index in [1.165, 1.54) is 0 Å².